The van der Waals surface area contributed by atoms with Crippen LogP contribution < -0.4 is 5.73 Å². The predicted molar refractivity (Wildman–Crippen MR) is 75.2 cm³/mol. The largest absolute Gasteiger partial charge is 0.340 e. The van der Waals surface area contributed by atoms with Gasteiger partial charge in [-0.25, -0.2) is 0 Å². The molecule has 1 amide bonds. The van der Waals surface area contributed by atoms with E-state index in [-0.39, 0.29) is 11.9 Å². The van der Waals surface area contributed by atoms with Crippen LogP contribution in [0.4, 0.5) is 0 Å². The zero-order valence-corrected chi connectivity index (χ0v) is 11.6. The molecule has 0 aliphatic rings. The number of aryl methyl sites for hydroxylation is 1. The Bertz CT molecular complexity index is 373. The van der Waals surface area contributed by atoms with Crippen LogP contribution in [0.5, 0.6) is 0 Å². The first-order chi connectivity index (χ1) is 8.58. The summed E-state index contributed by atoms with van der Waals surface area (Å²) < 4.78 is 0. The van der Waals surface area contributed by atoms with E-state index in [4.69, 9.17) is 5.73 Å². The van der Waals surface area contributed by atoms with Crippen molar-refractivity contribution in [2.24, 2.45) is 5.73 Å². The molecule has 0 saturated heterocycles. The molecular weight excluding hydrogens is 224 g/mol. The van der Waals surface area contributed by atoms with Gasteiger partial charge in [0, 0.05) is 13.6 Å². The Kier molecular flexibility index (Phi) is 5.86. The Balaban J connectivity index is 2.57. The Morgan fingerprint density at radius 2 is 1.78 bits per heavy atom. The van der Waals surface area contributed by atoms with Gasteiger partial charge in [0.1, 0.15) is 0 Å². The predicted octanol–water partition coefficient (Wildman–Crippen LogP) is 2.33. The van der Waals surface area contributed by atoms with Crippen molar-refractivity contribution in [2.45, 2.75) is 45.7 Å². The second kappa shape index (κ2) is 7.17. The number of nitrogens with two attached hydrogens (primary N) is 1. The Morgan fingerprint density at radius 1 is 1.22 bits per heavy atom. The highest BCUT2D eigenvalue weighted by Gasteiger charge is 2.16. The number of amides is 1. The van der Waals surface area contributed by atoms with E-state index in [2.05, 4.69) is 31.2 Å². The van der Waals surface area contributed by atoms with Crippen LogP contribution in [0.15, 0.2) is 24.3 Å². The maximum absolute atomic E-state index is 12.0. The molecule has 1 atom stereocenters. The first-order valence-corrected chi connectivity index (χ1v) is 6.66. The van der Waals surface area contributed by atoms with Gasteiger partial charge < -0.3 is 10.6 Å². The minimum Gasteiger partial charge on any atom is -0.340 e. The van der Waals surface area contributed by atoms with Gasteiger partial charge in [-0.2, -0.15) is 0 Å². The standard InChI is InChI=1S/C15H24N2O/c1-4-6-14(16)15(18)17(3)11-13-9-7-12(5-2)8-10-13/h7-10,14H,4-6,11,16H2,1-3H3/t14-/m1/s1. The fourth-order valence-electron chi connectivity index (χ4n) is 1.95. The molecule has 0 heterocycles. The lowest BCUT2D eigenvalue weighted by molar-refractivity contribution is -0.131. The summed E-state index contributed by atoms with van der Waals surface area (Å²) in [6.07, 6.45) is 2.72. The number of carbonyl (C=O) groups is 1. The van der Waals surface area contributed by atoms with Crippen molar-refractivity contribution in [2.75, 3.05) is 7.05 Å². The molecule has 0 radical (unpaired) electrons. The molecule has 1 aromatic rings. The molecule has 0 unspecified atom stereocenters. The highest BCUT2D eigenvalue weighted by molar-refractivity contribution is 5.81. The minimum absolute atomic E-state index is 0.0245. The zero-order chi connectivity index (χ0) is 13.5. The van der Waals surface area contributed by atoms with Crippen molar-refractivity contribution < 1.29 is 4.79 Å². The van der Waals surface area contributed by atoms with Crippen molar-refractivity contribution in [3.05, 3.63) is 35.4 Å². The van der Waals surface area contributed by atoms with E-state index in [1.807, 2.05) is 14.0 Å². The molecule has 0 bridgehead atoms. The number of hydrogen-bond donors (Lipinski definition) is 1. The lowest BCUT2D eigenvalue weighted by Gasteiger charge is -2.21. The fraction of sp³-hybridized carbons (Fsp3) is 0.533. The summed E-state index contributed by atoms with van der Waals surface area (Å²) in [5, 5.41) is 0. The first-order valence-electron chi connectivity index (χ1n) is 6.66. The van der Waals surface area contributed by atoms with Crippen LogP contribution in [0, 0.1) is 0 Å². The molecule has 0 spiro atoms. The van der Waals surface area contributed by atoms with Gasteiger partial charge in [0.25, 0.3) is 0 Å². The van der Waals surface area contributed by atoms with Crippen LogP contribution in [0.3, 0.4) is 0 Å². The van der Waals surface area contributed by atoms with Crippen LogP contribution in [0.2, 0.25) is 0 Å². The first kappa shape index (κ1) is 14.7. The molecule has 1 rings (SSSR count). The lowest BCUT2D eigenvalue weighted by atomic mass is 10.1. The van der Waals surface area contributed by atoms with E-state index in [9.17, 15) is 4.79 Å². The van der Waals surface area contributed by atoms with Crippen LogP contribution in [0.25, 0.3) is 0 Å². The van der Waals surface area contributed by atoms with Gasteiger partial charge in [0.2, 0.25) is 5.91 Å². The summed E-state index contributed by atoms with van der Waals surface area (Å²) >= 11 is 0. The number of likely N-dealkylation sites (N-methyl/N-ethyl adjacent to an activating group) is 1. The quantitative estimate of drug-likeness (QED) is 0.840. The molecule has 0 aliphatic heterocycles. The number of rotatable bonds is 6. The van der Waals surface area contributed by atoms with Crippen LogP contribution in [0.1, 0.15) is 37.8 Å². The van der Waals surface area contributed by atoms with Gasteiger partial charge in [-0.1, -0.05) is 44.5 Å². The molecule has 18 heavy (non-hydrogen) atoms. The Labute approximate surface area is 110 Å². The minimum atomic E-state index is -0.366. The van der Waals surface area contributed by atoms with Crippen molar-refractivity contribution in [3.63, 3.8) is 0 Å². The Hall–Kier alpha value is -1.35. The maximum Gasteiger partial charge on any atom is 0.239 e. The van der Waals surface area contributed by atoms with Crippen molar-refractivity contribution in [1.29, 1.82) is 0 Å². The highest BCUT2D eigenvalue weighted by atomic mass is 16.2. The average molecular weight is 248 g/mol. The summed E-state index contributed by atoms with van der Waals surface area (Å²) in [5.74, 6) is 0.0245. The van der Waals surface area contributed by atoms with Gasteiger partial charge in [-0.15, -0.1) is 0 Å². The van der Waals surface area contributed by atoms with Gasteiger partial charge in [-0.05, 0) is 24.0 Å². The Morgan fingerprint density at radius 3 is 2.28 bits per heavy atom. The topological polar surface area (TPSA) is 46.3 Å². The second-order valence-electron chi connectivity index (χ2n) is 4.76. The normalized spacial score (nSPS) is 12.2. The van der Waals surface area contributed by atoms with Gasteiger partial charge in [0.05, 0.1) is 6.04 Å². The zero-order valence-electron chi connectivity index (χ0n) is 11.6. The van der Waals surface area contributed by atoms with Crippen molar-refractivity contribution in [1.82, 2.24) is 4.90 Å². The van der Waals surface area contributed by atoms with E-state index >= 15 is 0 Å². The smallest absolute Gasteiger partial charge is 0.239 e. The fourth-order valence-corrected chi connectivity index (χ4v) is 1.95. The molecule has 2 N–H and O–H groups in total. The number of nitrogens with zero attached hydrogens (tertiary/aromatic N) is 1. The molecule has 3 heteroatoms. The molecule has 0 fully saturated rings. The van der Waals surface area contributed by atoms with E-state index in [1.165, 1.54) is 5.56 Å². The van der Waals surface area contributed by atoms with Gasteiger partial charge in [-0.3, -0.25) is 4.79 Å². The molecule has 3 nitrogen and oxygen atoms in total. The number of benzene rings is 1. The molecule has 0 aliphatic carbocycles. The molecule has 0 saturated carbocycles. The van der Waals surface area contributed by atoms with Crippen molar-refractivity contribution in [3.8, 4) is 0 Å². The molecule has 0 aromatic heterocycles. The summed E-state index contributed by atoms with van der Waals surface area (Å²) in [4.78, 5) is 13.7. The summed E-state index contributed by atoms with van der Waals surface area (Å²) in [6, 6.07) is 8.01. The lowest BCUT2D eigenvalue weighted by Crippen LogP contribution is -2.41. The third-order valence-corrected chi connectivity index (χ3v) is 3.14. The third-order valence-electron chi connectivity index (χ3n) is 3.14. The number of carbonyl (C=O) groups excluding carboxylic acids is 1. The summed E-state index contributed by atoms with van der Waals surface area (Å²) in [7, 11) is 1.81. The third kappa shape index (κ3) is 4.15. The average Bonchev–Trinajstić information content (AvgIpc) is 2.39. The van der Waals surface area contributed by atoms with Gasteiger partial charge in [0.15, 0.2) is 0 Å². The number of hydrogen-bond acceptors (Lipinski definition) is 2. The maximum atomic E-state index is 12.0. The summed E-state index contributed by atoms with van der Waals surface area (Å²) in [5.41, 5.74) is 8.30. The van der Waals surface area contributed by atoms with E-state index < -0.39 is 0 Å². The van der Waals surface area contributed by atoms with Crippen LogP contribution in [-0.4, -0.2) is 23.9 Å². The monoisotopic (exact) mass is 248 g/mol. The van der Waals surface area contributed by atoms with Crippen LogP contribution >= 0.6 is 0 Å². The van der Waals surface area contributed by atoms with E-state index in [0.717, 1.165) is 24.8 Å². The van der Waals surface area contributed by atoms with E-state index in [0.29, 0.717) is 6.54 Å². The molecular formula is C15H24N2O. The van der Waals surface area contributed by atoms with Gasteiger partial charge >= 0.3 is 0 Å². The molecule has 100 valence electrons. The summed E-state index contributed by atoms with van der Waals surface area (Å²) in [6.45, 7) is 4.80. The second-order valence-corrected chi connectivity index (χ2v) is 4.76. The van der Waals surface area contributed by atoms with Crippen LogP contribution in [-0.2, 0) is 17.8 Å². The highest BCUT2D eigenvalue weighted by Crippen LogP contribution is 2.08. The molecule has 1 aromatic carbocycles. The van der Waals surface area contributed by atoms with Crippen molar-refractivity contribution >= 4 is 5.91 Å². The SMILES string of the molecule is CCC[C@@H](N)C(=O)N(C)Cc1ccc(CC)cc1. The van der Waals surface area contributed by atoms with E-state index in [1.54, 1.807) is 4.90 Å².